The second kappa shape index (κ2) is 7.85. The van der Waals surface area contributed by atoms with Crippen LogP contribution in [0.3, 0.4) is 0 Å². The van der Waals surface area contributed by atoms with Crippen LogP contribution in [0.1, 0.15) is 98.8 Å². The minimum atomic E-state index is -0.303. The van der Waals surface area contributed by atoms with Crippen molar-refractivity contribution in [1.82, 2.24) is 0 Å². The standard InChI is InChI=1S/C28H46O/c1-18(2)8-7-9-19(3)22-12-13-24-21-10-11-23-20(4)26(29)15-17-28(23,6)25(21)14-16-27(22,24)5/h11,18-19,21-22,24-26,29H,4,7-10,12-17H2,1-3,5-6H3/t19?,21-,22+,24-,25-,26-,27+,28-/m0/s1. The van der Waals surface area contributed by atoms with Crippen LogP contribution in [0.2, 0.25) is 0 Å². The van der Waals surface area contributed by atoms with Crippen molar-refractivity contribution in [1.29, 1.82) is 0 Å². The molecule has 164 valence electrons. The normalized spacial score (nSPS) is 45.4. The Kier molecular flexibility index (Phi) is 5.86. The highest BCUT2D eigenvalue weighted by Gasteiger charge is 2.59. The molecule has 0 heterocycles. The van der Waals surface area contributed by atoms with Gasteiger partial charge in [-0.25, -0.2) is 0 Å². The van der Waals surface area contributed by atoms with Crippen LogP contribution in [0.25, 0.3) is 0 Å². The van der Waals surface area contributed by atoms with E-state index in [2.05, 4.69) is 47.3 Å². The molecule has 1 N–H and O–H groups in total. The van der Waals surface area contributed by atoms with Gasteiger partial charge in [-0.1, -0.05) is 66.5 Å². The van der Waals surface area contributed by atoms with Crippen LogP contribution in [0, 0.1) is 46.3 Å². The lowest BCUT2D eigenvalue weighted by molar-refractivity contribution is -0.0516. The van der Waals surface area contributed by atoms with E-state index < -0.39 is 0 Å². The van der Waals surface area contributed by atoms with E-state index in [1.54, 1.807) is 0 Å². The topological polar surface area (TPSA) is 20.2 Å². The lowest BCUT2D eigenvalue weighted by Gasteiger charge is -2.58. The second-order valence-electron chi connectivity index (χ2n) is 12.3. The van der Waals surface area contributed by atoms with E-state index in [-0.39, 0.29) is 11.5 Å². The average molecular weight is 399 g/mol. The SMILES string of the molecule is C=C1C2=CC[C@H]3[C@@H]4CC[C@H](C(C)CCCC(C)C)[C@@]4(C)CC[C@@H]3[C@@]2(C)CC[C@@H]1O. The molecule has 0 saturated heterocycles. The molecule has 1 nitrogen and oxygen atoms in total. The molecule has 0 radical (unpaired) electrons. The maximum atomic E-state index is 10.4. The summed E-state index contributed by atoms with van der Waals surface area (Å²) in [6.07, 6.45) is 15.5. The fourth-order valence-electron chi connectivity index (χ4n) is 8.73. The van der Waals surface area contributed by atoms with Crippen LogP contribution in [0.5, 0.6) is 0 Å². The fraction of sp³-hybridized carbons (Fsp3) is 0.857. The molecule has 0 aromatic carbocycles. The summed E-state index contributed by atoms with van der Waals surface area (Å²) in [6, 6.07) is 0. The maximum absolute atomic E-state index is 10.4. The van der Waals surface area contributed by atoms with Crippen molar-refractivity contribution < 1.29 is 5.11 Å². The molecule has 1 heteroatoms. The van der Waals surface area contributed by atoms with Crippen molar-refractivity contribution >= 4 is 0 Å². The molecule has 0 spiro atoms. The Bertz CT molecular complexity index is 659. The summed E-state index contributed by atoms with van der Waals surface area (Å²) in [4.78, 5) is 0. The molecule has 3 saturated carbocycles. The zero-order valence-electron chi connectivity index (χ0n) is 19.8. The molecular formula is C28H46O. The highest BCUT2D eigenvalue weighted by atomic mass is 16.3. The van der Waals surface area contributed by atoms with Gasteiger partial charge in [-0.15, -0.1) is 0 Å². The largest absolute Gasteiger partial charge is 0.388 e. The monoisotopic (exact) mass is 398 g/mol. The van der Waals surface area contributed by atoms with Gasteiger partial charge in [0.05, 0.1) is 6.10 Å². The van der Waals surface area contributed by atoms with Gasteiger partial charge in [0.2, 0.25) is 0 Å². The Balaban J connectivity index is 1.52. The van der Waals surface area contributed by atoms with E-state index in [0.717, 1.165) is 53.9 Å². The molecule has 4 rings (SSSR count). The fourth-order valence-corrected chi connectivity index (χ4v) is 8.73. The van der Waals surface area contributed by atoms with E-state index >= 15 is 0 Å². The summed E-state index contributed by atoms with van der Waals surface area (Å²) in [5, 5.41) is 10.4. The van der Waals surface area contributed by atoms with Crippen LogP contribution >= 0.6 is 0 Å². The molecule has 8 atom stereocenters. The lowest BCUT2D eigenvalue weighted by Crippen LogP contribution is -2.51. The highest BCUT2D eigenvalue weighted by Crippen LogP contribution is 2.67. The number of hydrogen-bond donors (Lipinski definition) is 1. The lowest BCUT2D eigenvalue weighted by atomic mass is 9.46. The number of aliphatic hydroxyl groups excluding tert-OH is 1. The van der Waals surface area contributed by atoms with Crippen LogP contribution in [0.15, 0.2) is 23.8 Å². The Morgan fingerprint density at radius 3 is 2.52 bits per heavy atom. The zero-order chi connectivity index (χ0) is 21.0. The maximum Gasteiger partial charge on any atom is 0.0787 e. The van der Waals surface area contributed by atoms with Gasteiger partial charge in [0.25, 0.3) is 0 Å². The molecule has 0 aromatic rings. The third kappa shape index (κ3) is 3.48. The van der Waals surface area contributed by atoms with Crippen molar-refractivity contribution in [2.24, 2.45) is 46.3 Å². The molecule has 3 fully saturated rings. The molecule has 0 aliphatic heterocycles. The van der Waals surface area contributed by atoms with Crippen molar-refractivity contribution in [3.8, 4) is 0 Å². The minimum Gasteiger partial charge on any atom is -0.388 e. The number of fused-ring (bicyclic) bond motifs is 5. The van der Waals surface area contributed by atoms with Crippen molar-refractivity contribution in [3.63, 3.8) is 0 Å². The quantitative estimate of drug-likeness (QED) is 0.506. The molecule has 4 aliphatic carbocycles. The summed E-state index contributed by atoms with van der Waals surface area (Å²) in [7, 11) is 0. The molecule has 29 heavy (non-hydrogen) atoms. The van der Waals surface area contributed by atoms with Gasteiger partial charge in [-0.05, 0) is 102 Å². The van der Waals surface area contributed by atoms with E-state index in [1.807, 2.05) is 0 Å². The van der Waals surface area contributed by atoms with Gasteiger partial charge in [0.1, 0.15) is 0 Å². The first kappa shape index (κ1) is 21.7. The Hall–Kier alpha value is -0.560. The molecule has 0 aromatic heterocycles. The van der Waals surface area contributed by atoms with E-state index in [0.29, 0.717) is 5.41 Å². The number of rotatable bonds is 5. The Labute approximate surface area is 180 Å². The first-order valence-electron chi connectivity index (χ1n) is 12.8. The molecule has 1 unspecified atom stereocenters. The van der Waals surface area contributed by atoms with Crippen LogP contribution in [0.4, 0.5) is 0 Å². The van der Waals surface area contributed by atoms with Gasteiger partial charge in [-0.3, -0.25) is 0 Å². The van der Waals surface area contributed by atoms with Crippen molar-refractivity contribution in [2.45, 2.75) is 105 Å². The molecule has 4 aliphatic rings. The minimum absolute atomic E-state index is 0.265. The average Bonchev–Trinajstić information content (AvgIpc) is 3.02. The number of hydrogen-bond acceptors (Lipinski definition) is 1. The smallest absolute Gasteiger partial charge is 0.0787 e. The summed E-state index contributed by atoms with van der Waals surface area (Å²) >= 11 is 0. The van der Waals surface area contributed by atoms with Gasteiger partial charge in [0, 0.05) is 0 Å². The van der Waals surface area contributed by atoms with Crippen LogP contribution < -0.4 is 0 Å². The highest BCUT2D eigenvalue weighted by molar-refractivity contribution is 5.42. The van der Waals surface area contributed by atoms with E-state index in [1.165, 1.54) is 56.9 Å². The number of aliphatic hydroxyl groups is 1. The summed E-state index contributed by atoms with van der Waals surface area (Å²) < 4.78 is 0. The molecular weight excluding hydrogens is 352 g/mol. The third-order valence-electron chi connectivity index (χ3n) is 10.4. The summed E-state index contributed by atoms with van der Waals surface area (Å²) in [5.41, 5.74) is 3.29. The van der Waals surface area contributed by atoms with Gasteiger partial charge in [0.15, 0.2) is 0 Å². The first-order chi connectivity index (χ1) is 13.7. The van der Waals surface area contributed by atoms with Crippen LogP contribution in [-0.2, 0) is 0 Å². The van der Waals surface area contributed by atoms with E-state index in [9.17, 15) is 5.11 Å². The first-order valence-corrected chi connectivity index (χ1v) is 12.8. The second-order valence-corrected chi connectivity index (χ2v) is 12.3. The van der Waals surface area contributed by atoms with Gasteiger partial charge in [-0.2, -0.15) is 0 Å². The Morgan fingerprint density at radius 1 is 1.03 bits per heavy atom. The van der Waals surface area contributed by atoms with Gasteiger partial charge >= 0.3 is 0 Å². The van der Waals surface area contributed by atoms with Crippen molar-refractivity contribution in [3.05, 3.63) is 23.8 Å². The predicted octanol–water partition coefficient (Wildman–Crippen LogP) is 7.55. The van der Waals surface area contributed by atoms with Crippen LogP contribution in [-0.4, -0.2) is 11.2 Å². The molecule has 0 bridgehead atoms. The molecule has 0 amide bonds. The van der Waals surface area contributed by atoms with Gasteiger partial charge < -0.3 is 5.11 Å². The van der Waals surface area contributed by atoms with Crippen molar-refractivity contribution in [2.75, 3.05) is 0 Å². The zero-order valence-corrected chi connectivity index (χ0v) is 19.8. The predicted molar refractivity (Wildman–Crippen MR) is 124 cm³/mol. The summed E-state index contributed by atoms with van der Waals surface area (Å²) in [5.74, 6) is 5.24. The third-order valence-corrected chi connectivity index (χ3v) is 10.4. The summed E-state index contributed by atoms with van der Waals surface area (Å²) in [6.45, 7) is 16.8. The number of allylic oxidation sites excluding steroid dienone is 1. The van der Waals surface area contributed by atoms with E-state index in [4.69, 9.17) is 0 Å². The Morgan fingerprint density at radius 2 is 1.79 bits per heavy atom.